The van der Waals surface area contributed by atoms with E-state index in [0.717, 1.165) is 24.3 Å². The molecule has 1 aromatic rings. The number of benzene rings is 1. The van der Waals surface area contributed by atoms with Gasteiger partial charge in [0, 0.05) is 42.4 Å². The predicted octanol–water partition coefficient (Wildman–Crippen LogP) is 3.10. The van der Waals surface area contributed by atoms with Crippen molar-refractivity contribution in [3.63, 3.8) is 0 Å². The van der Waals surface area contributed by atoms with Gasteiger partial charge in [-0.05, 0) is 44.7 Å². The Bertz CT molecular complexity index is 568. The first-order chi connectivity index (χ1) is 12.3. The molecule has 0 aromatic heterocycles. The average Bonchev–Trinajstić information content (AvgIpc) is 3.46. The summed E-state index contributed by atoms with van der Waals surface area (Å²) in [5.41, 5.74) is 0. The Labute approximate surface area is 154 Å². The summed E-state index contributed by atoms with van der Waals surface area (Å²) < 4.78 is 13.6. The van der Waals surface area contributed by atoms with Gasteiger partial charge in [0.25, 0.3) is 0 Å². The van der Waals surface area contributed by atoms with E-state index in [1.807, 2.05) is 12.1 Å². The van der Waals surface area contributed by atoms with Gasteiger partial charge in [-0.15, -0.1) is 11.8 Å². The third-order valence-electron chi connectivity index (χ3n) is 4.73. The molecule has 2 fully saturated rings. The van der Waals surface area contributed by atoms with Crippen LogP contribution in [0.15, 0.2) is 34.2 Å². The molecule has 0 radical (unpaired) electrons. The number of piperidine rings is 1. The van der Waals surface area contributed by atoms with Gasteiger partial charge in [-0.25, -0.2) is 4.39 Å². The molecule has 1 saturated carbocycles. The number of aliphatic imine (C=N–C) groups is 1. The highest BCUT2D eigenvalue weighted by Crippen LogP contribution is 2.29. The number of hydrogen-bond donors (Lipinski definition) is 2. The normalized spacial score (nSPS) is 19.8. The maximum Gasteiger partial charge on any atom is 0.191 e. The summed E-state index contributed by atoms with van der Waals surface area (Å²) in [6.45, 7) is 6.01. The van der Waals surface area contributed by atoms with Gasteiger partial charge in [0.15, 0.2) is 5.96 Å². The lowest BCUT2D eigenvalue weighted by atomic mass is 10.1. The molecule has 3 rings (SSSR count). The molecule has 1 aliphatic heterocycles. The molecular formula is C19H29FN4S. The summed E-state index contributed by atoms with van der Waals surface area (Å²) in [5.74, 6) is 1.52. The summed E-state index contributed by atoms with van der Waals surface area (Å²) >= 11 is 1.52. The van der Waals surface area contributed by atoms with E-state index >= 15 is 0 Å². The van der Waals surface area contributed by atoms with Gasteiger partial charge in [-0.2, -0.15) is 0 Å². The van der Waals surface area contributed by atoms with E-state index in [4.69, 9.17) is 0 Å². The lowest BCUT2D eigenvalue weighted by Crippen LogP contribution is -2.49. The Kier molecular flexibility index (Phi) is 6.99. The van der Waals surface area contributed by atoms with E-state index in [1.54, 1.807) is 6.07 Å². The molecule has 138 valence electrons. The first-order valence-electron chi connectivity index (χ1n) is 9.42. The lowest BCUT2D eigenvalue weighted by molar-refractivity contribution is 0.197. The number of thioether (sulfide) groups is 1. The number of nitrogens with one attached hydrogen (secondary N) is 2. The minimum absolute atomic E-state index is 0.149. The summed E-state index contributed by atoms with van der Waals surface area (Å²) in [6.07, 6.45) is 5.15. The van der Waals surface area contributed by atoms with E-state index < -0.39 is 0 Å². The van der Waals surface area contributed by atoms with Gasteiger partial charge in [0.05, 0.1) is 6.54 Å². The Balaban J connectivity index is 1.42. The topological polar surface area (TPSA) is 39.7 Å². The van der Waals surface area contributed by atoms with Gasteiger partial charge in [-0.1, -0.05) is 12.1 Å². The second-order valence-electron chi connectivity index (χ2n) is 6.73. The van der Waals surface area contributed by atoms with Crippen molar-refractivity contribution in [2.45, 2.75) is 49.6 Å². The van der Waals surface area contributed by atoms with Crippen molar-refractivity contribution in [1.29, 1.82) is 0 Å². The monoisotopic (exact) mass is 364 g/mol. The molecule has 1 heterocycles. The number of halogens is 1. The van der Waals surface area contributed by atoms with Crippen LogP contribution < -0.4 is 10.6 Å². The molecule has 6 heteroatoms. The minimum atomic E-state index is -0.149. The standard InChI is InChI=1S/C19H29FN4S/c1-2-21-19(22-11-14-25-18-6-4-3-5-17(18)20)23-15-9-12-24(13-10-15)16-7-8-16/h3-6,15-16H,2,7-14H2,1H3,(H2,21,22,23). The van der Waals surface area contributed by atoms with Crippen LogP contribution in [0.2, 0.25) is 0 Å². The first-order valence-corrected chi connectivity index (χ1v) is 10.4. The van der Waals surface area contributed by atoms with Crippen molar-refractivity contribution >= 4 is 17.7 Å². The van der Waals surface area contributed by atoms with Crippen molar-refractivity contribution < 1.29 is 4.39 Å². The number of guanidine groups is 1. The molecule has 1 saturated heterocycles. The first kappa shape index (κ1) is 18.5. The van der Waals surface area contributed by atoms with Crippen LogP contribution in [0.5, 0.6) is 0 Å². The van der Waals surface area contributed by atoms with Crippen LogP contribution in [-0.2, 0) is 0 Å². The van der Waals surface area contributed by atoms with Crippen LogP contribution in [0.3, 0.4) is 0 Å². The van der Waals surface area contributed by atoms with Gasteiger partial charge >= 0.3 is 0 Å². The van der Waals surface area contributed by atoms with E-state index in [1.165, 1.54) is 56.6 Å². The maximum absolute atomic E-state index is 13.6. The van der Waals surface area contributed by atoms with Crippen LogP contribution in [-0.4, -0.2) is 54.9 Å². The SMILES string of the molecule is CCNC(=NCCSc1ccccc1F)NC1CCN(C2CC2)CC1. The quantitative estimate of drug-likeness (QED) is 0.338. The largest absolute Gasteiger partial charge is 0.357 e. The molecule has 0 amide bonds. The summed E-state index contributed by atoms with van der Waals surface area (Å²) in [6, 6.07) is 8.30. The number of nitrogens with zero attached hydrogens (tertiary/aromatic N) is 2. The third-order valence-corrected chi connectivity index (χ3v) is 5.76. The average molecular weight is 365 g/mol. The Morgan fingerprint density at radius 1 is 1.24 bits per heavy atom. The third kappa shape index (κ3) is 5.89. The summed E-state index contributed by atoms with van der Waals surface area (Å²) in [5, 5.41) is 6.90. The van der Waals surface area contributed by atoms with Crippen molar-refractivity contribution in [2.24, 2.45) is 4.99 Å². The number of rotatable bonds is 7. The number of hydrogen-bond acceptors (Lipinski definition) is 3. The van der Waals surface area contributed by atoms with Crippen LogP contribution in [0.25, 0.3) is 0 Å². The van der Waals surface area contributed by atoms with Crippen molar-refractivity contribution in [3.05, 3.63) is 30.1 Å². The molecule has 0 bridgehead atoms. The van der Waals surface area contributed by atoms with E-state index in [9.17, 15) is 4.39 Å². The summed E-state index contributed by atoms with van der Waals surface area (Å²) in [4.78, 5) is 7.99. The second-order valence-corrected chi connectivity index (χ2v) is 7.86. The highest BCUT2D eigenvalue weighted by atomic mass is 32.2. The van der Waals surface area contributed by atoms with E-state index in [-0.39, 0.29) is 5.82 Å². The van der Waals surface area contributed by atoms with Crippen molar-refractivity contribution in [2.75, 3.05) is 31.9 Å². The van der Waals surface area contributed by atoms with Crippen LogP contribution in [0.1, 0.15) is 32.6 Å². The zero-order valence-corrected chi connectivity index (χ0v) is 15.8. The Hall–Kier alpha value is -1.27. The molecule has 25 heavy (non-hydrogen) atoms. The summed E-state index contributed by atoms with van der Waals surface area (Å²) in [7, 11) is 0. The van der Waals surface area contributed by atoms with E-state index in [2.05, 4.69) is 27.4 Å². The van der Waals surface area contributed by atoms with Crippen molar-refractivity contribution in [3.8, 4) is 0 Å². The Morgan fingerprint density at radius 2 is 2.00 bits per heavy atom. The fraction of sp³-hybridized carbons (Fsp3) is 0.632. The lowest BCUT2D eigenvalue weighted by Gasteiger charge is -2.33. The van der Waals surface area contributed by atoms with Gasteiger partial charge < -0.3 is 15.5 Å². The molecule has 1 aliphatic carbocycles. The van der Waals surface area contributed by atoms with Gasteiger partial charge in [0.2, 0.25) is 0 Å². The van der Waals surface area contributed by atoms with Crippen molar-refractivity contribution in [1.82, 2.24) is 15.5 Å². The van der Waals surface area contributed by atoms with E-state index in [0.29, 0.717) is 17.5 Å². The molecule has 4 nitrogen and oxygen atoms in total. The van der Waals surface area contributed by atoms with Crippen LogP contribution in [0, 0.1) is 5.82 Å². The molecule has 0 spiro atoms. The highest BCUT2D eigenvalue weighted by molar-refractivity contribution is 7.99. The minimum Gasteiger partial charge on any atom is -0.357 e. The highest BCUT2D eigenvalue weighted by Gasteiger charge is 2.31. The molecule has 0 unspecified atom stereocenters. The Morgan fingerprint density at radius 3 is 2.68 bits per heavy atom. The van der Waals surface area contributed by atoms with Gasteiger partial charge in [0.1, 0.15) is 5.82 Å². The van der Waals surface area contributed by atoms with Crippen LogP contribution in [0.4, 0.5) is 4.39 Å². The predicted molar refractivity (Wildman–Crippen MR) is 104 cm³/mol. The fourth-order valence-corrected chi connectivity index (χ4v) is 4.02. The zero-order chi connectivity index (χ0) is 17.5. The fourth-order valence-electron chi connectivity index (χ4n) is 3.24. The van der Waals surface area contributed by atoms with Crippen LogP contribution >= 0.6 is 11.8 Å². The molecule has 1 aromatic carbocycles. The second kappa shape index (κ2) is 9.43. The molecule has 0 atom stereocenters. The molecule has 2 aliphatic rings. The zero-order valence-electron chi connectivity index (χ0n) is 15.0. The molecule has 2 N–H and O–H groups in total. The smallest absolute Gasteiger partial charge is 0.191 e. The number of likely N-dealkylation sites (tertiary alicyclic amines) is 1. The van der Waals surface area contributed by atoms with Gasteiger partial charge in [-0.3, -0.25) is 4.99 Å². The maximum atomic E-state index is 13.6. The molecular weight excluding hydrogens is 335 g/mol.